The Balaban J connectivity index is 1.79. The van der Waals surface area contributed by atoms with E-state index >= 15 is 0 Å². The average molecular weight is 275 g/mol. The summed E-state index contributed by atoms with van der Waals surface area (Å²) in [5.74, 6) is 1.01. The molecule has 3 rings (SSSR count). The number of nitrogens with one attached hydrogen (secondary N) is 1. The van der Waals surface area contributed by atoms with E-state index in [1.54, 1.807) is 11.3 Å². The number of nitrogens with zero attached hydrogens (tertiary/aromatic N) is 2. The highest BCUT2D eigenvalue weighted by Gasteiger charge is 2.14. The maximum Gasteiger partial charge on any atom is 0.147 e. The van der Waals surface area contributed by atoms with Crippen molar-refractivity contribution >= 4 is 11.3 Å². The van der Waals surface area contributed by atoms with Gasteiger partial charge in [0.15, 0.2) is 0 Å². The summed E-state index contributed by atoms with van der Waals surface area (Å²) in [6, 6.07) is 6.72. The summed E-state index contributed by atoms with van der Waals surface area (Å²) in [6.45, 7) is 5.83. The lowest BCUT2D eigenvalue weighted by molar-refractivity contribution is 0.357. The second-order valence-electron chi connectivity index (χ2n) is 4.96. The Morgan fingerprint density at radius 3 is 3.11 bits per heavy atom. The molecule has 0 saturated carbocycles. The molecule has 1 aromatic heterocycles. The molecule has 0 bridgehead atoms. The molecule has 0 spiro atoms. The van der Waals surface area contributed by atoms with E-state index in [1.165, 1.54) is 5.56 Å². The van der Waals surface area contributed by atoms with Crippen LogP contribution in [0.2, 0.25) is 0 Å². The summed E-state index contributed by atoms with van der Waals surface area (Å²) in [5, 5.41) is 13.9. The summed E-state index contributed by atoms with van der Waals surface area (Å²) in [4.78, 5) is 0. The first kappa shape index (κ1) is 12.6. The van der Waals surface area contributed by atoms with Crippen LogP contribution in [0.5, 0.6) is 5.75 Å². The molecule has 5 heteroatoms. The minimum absolute atomic E-state index is 0.462. The van der Waals surface area contributed by atoms with Crippen molar-refractivity contribution in [1.82, 2.24) is 15.5 Å². The SMILES string of the molecule is CC(C)NCc1nnc(-c2ccc3c(c2)CCO3)s1. The Morgan fingerprint density at radius 2 is 2.26 bits per heavy atom. The van der Waals surface area contributed by atoms with Gasteiger partial charge in [-0.3, -0.25) is 0 Å². The van der Waals surface area contributed by atoms with Crippen LogP contribution in [0.15, 0.2) is 18.2 Å². The molecule has 0 aliphatic carbocycles. The maximum absolute atomic E-state index is 5.52. The summed E-state index contributed by atoms with van der Waals surface area (Å²) >= 11 is 1.65. The lowest BCUT2D eigenvalue weighted by Gasteiger charge is -2.03. The van der Waals surface area contributed by atoms with Crippen LogP contribution in [0.3, 0.4) is 0 Å². The van der Waals surface area contributed by atoms with Gasteiger partial charge in [-0.15, -0.1) is 10.2 Å². The van der Waals surface area contributed by atoms with E-state index in [1.807, 2.05) is 6.07 Å². The zero-order valence-corrected chi connectivity index (χ0v) is 12.0. The van der Waals surface area contributed by atoms with Gasteiger partial charge in [0.25, 0.3) is 0 Å². The minimum atomic E-state index is 0.462. The molecule has 0 unspecified atom stereocenters. The topological polar surface area (TPSA) is 47.0 Å². The first-order valence-electron chi connectivity index (χ1n) is 6.54. The first-order valence-corrected chi connectivity index (χ1v) is 7.36. The molecule has 4 nitrogen and oxygen atoms in total. The zero-order chi connectivity index (χ0) is 13.2. The molecule has 0 radical (unpaired) electrons. The fourth-order valence-electron chi connectivity index (χ4n) is 2.05. The third-order valence-corrected chi connectivity index (χ3v) is 4.04. The third-order valence-electron chi connectivity index (χ3n) is 3.06. The molecule has 0 amide bonds. The monoisotopic (exact) mass is 275 g/mol. The number of aromatic nitrogens is 2. The van der Waals surface area contributed by atoms with Crippen molar-refractivity contribution in [3.8, 4) is 16.3 Å². The van der Waals surface area contributed by atoms with E-state index in [2.05, 4.69) is 41.5 Å². The molecule has 0 saturated heterocycles. The van der Waals surface area contributed by atoms with Crippen LogP contribution in [-0.2, 0) is 13.0 Å². The van der Waals surface area contributed by atoms with Crippen LogP contribution < -0.4 is 10.1 Å². The predicted molar refractivity (Wildman–Crippen MR) is 76.5 cm³/mol. The van der Waals surface area contributed by atoms with Gasteiger partial charge < -0.3 is 10.1 Å². The Labute approximate surface area is 116 Å². The number of hydrogen-bond donors (Lipinski definition) is 1. The van der Waals surface area contributed by atoms with Gasteiger partial charge in [-0.1, -0.05) is 25.2 Å². The fourth-order valence-corrected chi connectivity index (χ4v) is 2.84. The molecular formula is C14H17N3OS. The minimum Gasteiger partial charge on any atom is -0.493 e. The Bertz CT molecular complexity index is 580. The van der Waals surface area contributed by atoms with E-state index in [4.69, 9.17) is 4.74 Å². The molecule has 1 aliphatic heterocycles. The van der Waals surface area contributed by atoms with E-state index in [0.717, 1.165) is 40.9 Å². The number of fused-ring (bicyclic) bond motifs is 1. The van der Waals surface area contributed by atoms with Crippen molar-refractivity contribution < 1.29 is 4.74 Å². The van der Waals surface area contributed by atoms with Crippen LogP contribution >= 0.6 is 11.3 Å². The number of hydrogen-bond acceptors (Lipinski definition) is 5. The second-order valence-corrected chi connectivity index (χ2v) is 6.02. The standard InChI is InChI=1S/C14H17N3OS/c1-9(2)15-8-13-16-17-14(19-13)11-3-4-12-10(7-11)5-6-18-12/h3-4,7,9,15H,5-6,8H2,1-2H3. The number of ether oxygens (including phenoxy) is 1. The van der Waals surface area contributed by atoms with Gasteiger partial charge in [0.2, 0.25) is 0 Å². The van der Waals surface area contributed by atoms with E-state index < -0.39 is 0 Å². The summed E-state index contributed by atoms with van der Waals surface area (Å²) in [5.41, 5.74) is 2.41. The van der Waals surface area contributed by atoms with Crippen LogP contribution in [0, 0.1) is 0 Å². The van der Waals surface area contributed by atoms with E-state index in [-0.39, 0.29) is 0 Å². The quantitative estimate of drug-likeness (QED) is 0.932. The molecular weight excluding hydrogens is 258 g/mol. The molecule has 1 aliphatic rings. The molecule has 100 valence electrons. The Kier molecular flexibility index (Phi) is 3.48. The van der Waals surface area contributed by atoms with Gasteiger partial charge >= 0.3 is 0 Å². The zero-order valence-electron chi connectivity index (χ0n) is 11.1. The third kappa shape index (κ3) is 2.77. The van der Waals surface area contributed by atoms with Crippen LogP contribution in [0.1, 0.15) is 24.4 Å². The van der Waals surface area contributed by atoms with Crippen molar-refractivity contribution in [3.05, 3.63) is 28.8 Å². The molecule has 0 fully saturated rings. The van der Waals surface area contributed by atoms with Gasteiger partial charge in [0.05, 0.1) is 6.61 Å². The van der Waals surface area contributed by atoms with Crippen molar-refractivity contribution in [1.29, 1.82) is 0 Å². The molecule has 2 heterocycles. The van der Waals surface area contributed by atoms with Gasteiger partial charge in [-0.25, -0.2) is 0 Å². The average Bonchev–Trinajstić information content (AvgIpc) is 3.04. The fraction of sp³-hybridized carbons (Fsp3) is 0.429. The summed E-state index contributed by atoms with van der Waals surface area (Å²) in [6.07, 6.45) is 0.990. The van der Waals surface area contributed by atoms with E-state index in [0.29, 0.717) is 6.04 Å². The van der Waals surface area contributed by atoms with Crippen molar-refractivity contribution in [2.24, 2.45) is 0 Å². The normalized spacial score (nSPS) is 13.6. The van der Waals surface area contributed by atoms with Crippen molar-refractivity contribution in [3.63, 3.8) is 0 Å². The summed E-state index contributed by atoms with van der Waals surface area (Å²) in [7, 11) is 0. The highest BCUT2D eigenvalue weighted by Crippen LogP contribution is 2.31. The Morgan fingerprint density at radius 1 is 1.37 bits per heavy atom. The largest absolute Gasteiger partial charge is 0.493 e. The second kappa shape index (κ2) is 5.27. The van der Waals surface area contributed by atoms with E-state index in [9.17, 15) is 0 Å². The van der Waals surface area contributed by atoms with Crippen molar-refractivity contribution in [2.45, 2.75) is 32.9 Å². The number of rotatable bonds is 4. The molecule has 2 aromatic rings. The van der Waals surface area contributed by atoms with Gasteiger partial charge in [0.1, 0.15) is 15.8 Å². The summed E-state index contributed by atoms with van der Waals surface area (Å²) < 4.78 is 5.52. The highest BCUT2D eigenvalue weighted by atomic mass is 32.1. The maximum atomic E-state index is 5.52. The molecule has 0 atom stereocenters. The predicted octanol–water partition coefficient (Wildman–Crippen LogP) is 2.64. The number of benzene rings is 1. The molecule has 1 aromatic carbocycles. The Hall–Kier alpha value is -1.46. The smallest absolute Gasteiger partial charge is 0.147 e. The first-order chi connectivity index (χ1) is 9.22. The van der Waals surface area contributed by atoms with Gasteiger partial charge in [-0.05, 0) is 23.8 Å². The highest BCUT2D eigenvalue weighted by molar-refractivity contribution is 7.14. The molecule has 19 heavy (non-hydrogen) atoms. The van der Waals surface area contributed by atoms with Crippen molar-refractivity contribution in [2.75, 3.05) is 6.61 Å². The lowest BCUT2D eigenvalue weighted by atomic mass is 10.1. The van der Waals surface area contributed by atoms with Gasteiger partial charge in [-0.2, -0.15) is 0 Å². The van der Waals surface area contributed by atoms with Crippen LogP contribution in [0.25, 0.3) is 10.6 Å². The molecule has 1 N–H and O–H groups in total. The van der Waals surface area contributed by atoms with Gasteiger partial charge in [0, 0.05) is 24.6 Å². The van der Waals surface area contributed by atoms with Crippen LogP contribution in [0.4, 0.5) is 0 Å². The van der Waals surface area contributed by atoms with Crippen LogP contribution in [-0.4, -0.2) is 22.8 Å². The lowest BCUT2D eigenvalue weighted by Crippen LogP contribution is -2.21.